The average molecular weight is 298 g/mol. The minimum Gasteiger partial charge on any atom is -0.436 e. The van der Waals surface area contributed by atoms with E-state index in [0.29, 0.717) is 21.9 Å². The van der Waals surface area contributed by atoms with Gasteiger partial charge in [-0.3, -0.25) is 4.98 Å². The van der Waals surface area contributed by atoms with E-state index in [1.54, 1.807) is 13.2 Å². The van der Waals surface area contributed by atoms with Crippen LogP contribution < -0.4 is 10.1 Å². The Hall–Kier alpha value is -1.69. The summed E-state index contributed by atoms with van der Waals surface area (Å²) in [4.78, 5) is 8.10. The van der Waals surface area contributed by atoms with Gasteiger partial charge in [0.25, 0.3) is 0 Å². The predicted octanol–water partition coefficient (Wildman–Crippen LogP) is 3.21. The molecule has 0 saturated carbocycles. The molecule has 0 amide bonds. The molecule has 4 nitrogen and oxygen atoms in total. The average Bonchev–Trinajstić information content (AvgIpc) is 2.33. The van der Waals surface area contributed by atoms with Gasteiger partial charge in [0.05, 0.1) is 16.9 Å². The maximum Gasteiger partial charge on any atom is 0.239 e. The Morgan fingerprint density at radius 1 is 1.35 bits per heavy atom. The standard InChI is InChI=1S/C11H9BrFN3O/c1-14-10-5-15-6-11(16-10)17-9-3-2-7(13)4-8(9)12/h2-6H,1H3,(H,14,16). The largest absolute Gasteiger partial charge is 0.436 e. The number of rotatable bonds is 3. The van der Waals surface area contributed by atoms with Crippen molar-refractivity contribution in [2.75, 3.05) is 12.4 Å². The van der Waals surface area contributed by atoms with Crippen LogP contribution in [0.2, 0.25) is 0 Å². The van der Waals surface area contributed by atoms with Crippen molar-refractivity contribution in [2.24, 2.45) is 0 Å². The Morgan fingerprint density at radius 2 is 2.18 bits per heavy atom. The lowest BCUT2D eigenvalue weighted by Gasteiger charge is -2.07. The molecule has 1 aromatic heterocycles. The molecule has 1 aromatic carbocycles. The zero-order valence-electron chi connectivity index (χ0n) is 8.95. The van der Waals surface area contributed by atoms with E-state index < -0.39 is 0 Å². The second kappa shape index (κ2) is 5.09. The zero-order chi connectivity index (χ0) is 12.3. The first-order valence-corrected chi connectivity index (χ1v) is 5.61. The number of nitrogens with one attached hydrogen (secondary N) is 1. The first-order valence-electron chi connectivity index (χ1n) is 4.82. The molecule has 1 N–H and O–H groups in total. The Kier molecular flexibility index (Phi) is 3.53. The van der Waals surface area contributed by atoms with E-state index in [-0.39, 0.29) is 5.82 Å². The summed E-state index contributed by atoms with van der Waals surface area (Å²) in [6, 6.07) is 4.16. The number of ether oxygens (including phenoxy) is 1. The summed E-state index contributed by atoms with van der Waals surface area (Å²) in [7, 11) is 1.74. The fraction of sp³-hybridized carbons (Fsp3) is 0.0909. The van der Waals surface area contributed by atoms with Crippen LogP contribution in [0.1, 0.15) is 0 Å². The molecule has 0 atom stereocenters. The molecule has 1 heterocycles. The summed E-state index contributed by atoms with van der Waals surface area (Å²) >= 11 is 3.21. The Balaban J connectivity index is 2.25. The normalized spacial score (nSPS) is 10.1. The number of hydrogen-bond acceptors (Lipinski definition) is 4. The second-order valence-electron chi connectivity index (χ2n) is 3.17. The molecular weight excluding hydrogens is 289 g/mol. The van der Waals surface area contributed by atoms with Gasteiger partial charge >= 0.3 is 0 Å². The molecule has 0 aliphatic heterocycles. The van der Waals surface area contributed by atoms with Crippen molar-refractivity contribution in [3.63, 3.8) is 0 Å². The van der Waals surface area contributed by atoms with Crippen LogP contribution in [-0.2, 0) is 0 Å². The molecule has 0 bridgehead atoms. The maximum absolute atomic E-state index is 12.9. The highest BCUT2D eigenvalue weighted by Crippen LogP contribution is 2.29. The summed E-state index contributed by atoms with van der Waals surface area (Å²) < 4.78 is 18.9. The van der Waals surface area contributed by atoms with Crippen LogP contribution in [-0.4, -0.2) is 17.0 Å². The third-order valence-electron chi connectivity index (χ3n) is 1.98. The van der Waals surface area contributed by atoms with Crippen molar-refractivity contribution in [1.29, 1.82) is 0 Å². The molecule has 0 saturated heterocycles. The molecule has 0 aliphatic rings. The maximum atomic E-state index is 12.9. The molecule has 17 heavy (non-hydrogen) atoms. The van der Waals surface area contributed by atoms with Crippen molar-refractivity contribution in [2.45, 2.75) is 0 Å². The first-order chi connectivity index (χ1) is 8.19. The van der Waals surface area contributed by atoms with Crippen LogP contribution in [0.3, 0.4) is 0 Å². The minimum absolute atomic E-state index is 0.334. The van der Waals surface area contributed by atoms with Crippen molar-refractivity contribution < 1.29 is 9.13 Å². The minimum atomic E-state index is -0.334. The summed E-state index contributed by atoms with van der Waals surface area (Å²) in [6.07, 6.45) is 3.06. The molecule has 2 rings (SSSR count). The van der Waals surface area contributed by atoms with E-state index in [4.69, 9.17) is 4.74 Å². The molecule has 0 radical (unpaired) electrons. The zero-order valence-corrected chi connectivity index (χ0v) is 10.5. The molecule has 88 valence electrons. The van der Waals surface area contributed by atoms with Gasteiger partial charge in [0.2, 0.25) is 5.88 Å². The van der Waals surface area contributed by atoms with E-state index >= 15 is 0 Å². The number of halogens is 2. The van der Waals surface area contributed by atoms with Gasteiger partial charge < -0.3 is 10.1 Å². The van der Waals surface area contributed by atoms with Gasteiger partial charge in [0.1, 0.15) is 17.4 Å². The lowest BCUT2D eigenvalue weighted by molar-refractivity contribution is 0.456. The Bertz CT molecular complexity index is 536. The van der Waals surface area contributed by atoms with E-state index in [9.17, 15) is 4.39 Å². The fourth-order valence-corrected chi connectivity index (χ4v) is 1.62. The highest BCUT2D eigenvalue weighted by molar-refractivity contribution is 9.10. The number of nitrogens with zero attached hydrogens (tertiary/aromatic N) is 2. The molecule has 0 spiro atoms. The number of hydrogen-bond donors (Lipinski definition) is 1. The second-order valence-corrected chi connectivity index (χ2v) is 4.02. The summed E-state index contributed by atoms with van der Waals surface area (Å²) in [5, 5.41) is 2.85. The monoisotopic (exact) mass is 297 g/mol. The van der Waals surface area contributed by atoms with Gasteiger partial charge in [-0.15, -0.1) is 0 Å². The van der Waals surface area contributed by atoms with Crippen molar-refractivity contribution in [3.8, 4) is 11.6 Å². The molecule has 6 heteroatoms. The van der Waals surface area contributed by atoms with Crippen LogP contribution in [0.25, 0.3) is 0 Å². The van der Waals surface area contributed by atoms with E-state index in [1.807, 2.05) is 0 Å². The van der Waals surface area contributed by atoms with Crippen LogP contribution in [0, 0.1) is 5.82 Å². The Labute approximate surface area is 106 Å². The summed E-state index contributed by atoms with van der Waals surface area (Å²) in [5.41, 5.74) is 0. The van der Waals surface area contributed by atoms with Gasteiger partial charge in [-0.05, 0) is 34.1 Å². The Morgan fingerprint density at radius 3 is 2.88 bits per heavy atom. The molecule has 0 unspecified atom stereocenters. The van der Waals surface area contributed by atoms with E-state index in [0.717, 1.165) is 0 Å². The summed E-state index contributed by atoms with van der Waals surface area (Å²) in [5.74, 6) is 1.08. The molecule has 0 aliphatic carbocycles. The quantitative estimate of drug-likeness (QED) is 0.945. The number of aromatic nitrogens is 2. The lowest BCUT2D eigenvalue weighted by atomic mass is 10.3. The highest BCUT2D eigenvalue weighted by atomic mass is 79.9. The van der Waals surface area contributed by atoms with Gasteiger partial charge in [0.15, 0.2) is 0 Å². The van der Waals surface area contributed by atoms with Gasteiger partial charge in [-0.1, -0.05) is 0 Å². The third-order valence-corrected chi connectivity index (χ3v) is 2.60. The van der Waals surface area contributed by atoms with Crippen LogP contribution >= 0.6 is 15.9 Å². The smallest absolute Gasteiger partial charge is 0.239 e. The topological polar surface area (TPSA) is 47.0 Å². The van der Waals surface area contributed by atoms with Crippen molar-refractivity contribution in [3.05, 3.63) is 40.9 Å². The number of anilines is 1. The van der Waals surface area contributed by atoms with E-state index in [2.05, 4.69) is 31.2 Å². The third kappa shape index (κ3) is 2.91. The van der Waals surface area contributed by atoms with Crippen LogP contribution in [0.4, 0.5) is 10.2 Å². The molecule has 0 fully saturated rings. The van der Waals surface area contributed by atoms with Gasteiger partial charge in [-0.2, -0.15) is 4.98 Å². The fourth-order valence-electron chi connectivity index (χ4n) is 1.19. The van der Waals surface area contributed by atoms with Crippen LogP contribution in [0.15, 0.2) is 35.1 Å². The number of benzene rings is 1. The van der Waals surface area contributed by atoms with Crippen LogP contribution in [0.5, 0.6) is 11.6 Å². The van der Waals surface area contributed by atoms with Crippen molar-refractivity contribution in [1.82, 2.24) is 9.97 Å². The van der Waals surface area contributed by atoms with E-state index in [1.165, 1.54) is 24.4 Å². The predicted molar refractivity (Wildman–Crippen MR) is 65.8 cm³/mol. The lowest BCUT2D eigenvalue weighted by Crippen LogP contribution is -1.96. The molecule has 2 aromatic rings. The SMILES string of the molecule is CNc1cncc(Oc2ccc(F)cc2Br)n1. The van der Waals surface area contributed by atoms with Gasteiger partial charge in [0, 0.05) is 7.05 Å². The van der Waals surface area contributed by atoms with Gasteiger partial charge in [-0.25, -0.2) is 4.39 Å². The molecular formula is C11H9BrFN3O. The highest BCUT2D eigenvalue weighted by Gasteiger charge is 2.05. The van der Waals surface area contributed by atoms with Crippen molar-refractivity contribution >= 4 is 21.7 Å². The summed E-state index contributed by atoms with van der Waals surface area (Å²) in [6.45, 7) is 0. The first kappa shape index (κ1) is 11.8.